The second kappa shape index (κ2) is 3.77. The van der Waals surface area contributed by atoms with Gasteiger partial charge in [-0.05, 0) is 45.7 Å². The zero-order valence-corrected chi connectivity index (χ0v) is 6.98. The summed E-state index contributed by atoms with van der Waals surface area (Å²) in [6, 6.07) is 0. The summed E-state index contributed by atoms with van der Waals surface area (Å²) in [4.78, 5) is 0. The summed E-state index contributed by atoms with van der Waals surface area (Å²) in [6.07, 6.45) is 4.91. The maximum Gasteiger partial charge on any atom is -0.00432 e. The van der Waals surface area contributed by atoms with Crippen LogP contribution in [0.3, 0.4) is 0 Å². The van der Waals surface area contributed by atoms with Crippen molar-refractivity contribution < 1.29 is 0 Å². The van der Waals surface area contributed by atoms with Gasteiger partial charge in [0, 0.05) is 0 Å². The quantitative estimate of drug-likeness (QED) is 0.547. The number of hydrogen-bond acceptors (Lipinski definition) is 1. The van der Waals surface area contributed by atoms with E-state index in [1.807, 2.05) is 0 Å². The molecule has 0 spiro atoms. The minimum atomic E-state index is 0.867. The van der Waals surface area contributed by atoms with Crippen molar-refractivity contribution in [3.63, 3.8) is 0 Å². The number of nitrogens with one attached hydrogen (secondary N) is 1. The first-order chi connectivity index (χ1) is 4.84. The van der Waals surface area contributed by atoms with Gasteiger partial charge in [0.2, 0.25) is 0 Å². The second-order valence-electron chi connectivity index (χ2n) is 3.06. The second-order valence-corrected chi connectivity index (χ2v) is 3.06. The topological polar surface area (TPSA) is 12.0 Å². The molecule has 1 aliphatic heterocycles. The fourth-order valence-electron chi connectivity index (χ4n) is 1.51. The maximum absolute atomic E-state index is 3.37. The Morgan fingerprint density at radius 1 is 1.40 bits per heavy atom. The van der Waals surface area contributed by atoms with Gasteiger partial charge in [0.1, 0.15) is 0 Å². The van der Waals surface area contributed by atoms with E-state index in [0.717, 1.165) is 5.92 Å². The van der Waals surface area contributed by atoms with E-state index in [9.17, 15) is 0 Å². The van der Waals surface area contributed by atoms with Crippen molar-refractivity contribution in [2.24, 2.45) is 5.92 Å². The zero-order valence-electron chi connectivity index (χ0n) is 6.98. The predicted octanol–water partition coefficient (Wildman–Crippen LogP) is 1.95. The minimum absolute atomic E-state index is 0.867. The summed E-state index contributed by atoms with van der Waals surface area (Å²) in [5, 5.41) is 3.37. The molecular formula is C9H17N. The predicted molar refractivity (Wildman–Crippen MR) is 45.0 cm³/mol. The molecule has 0 amide bonds. The van der Waals surface area contributed by atoms with Gasteiger partial charge in [-0.3, -0.25) is 0 Å². The Morgan fingerprint density at radius 3 is 2.50 bits per heavy atom. The van der Waals surface area contributed by atoms with Crippen LogP contribution in [0, 0.1) is 5.92 Å². The first-order valence-electron chi connectivity index (χ1n) is 4.18. The van der Waals surface area contributed by atoms with Gasteiger partial charge in [0.05, 0.1) is 0 Å². The van der Waals surface area contributed by atoms with E-state index in [1.54, 1.807) is 5.57 Å². The molecule has 1 heteroatoms. The standard InChI is InChI=1S/C9H17N/c1-3-8(2)9-4-6-10-7-5-9/h3,9-10H,4-7H2,1-2H3/b8-3-. The molecule has 0 atom stereocenters. The van der Waals surface area contributed by atoms with Crippen LogP contribution in [-0.2, 0) is 0 Å². The highest BCUT2D eigenvalue weighted by atomic mass is 14.9. The van der Waals surface area contributed by atoms with Crippen molar-refractivity contribution in [1.82, 2.24) is 5.32 Å². The van der Waals surface area contributed by atoms with E-state index in [4.69, 9.17) is 0 Å². The molecule has 1 N–H and O–H groups in total. The fraction of sp³-hybridized carbons (Fsp3) is 0.778. The number of piperidine rings is 1. The molecular weight excluding hydrogens is 122 g/mol. The third-order valence-corrected chi connectivity index (χ3v) is 2.44. The Bertz CT molecular complexity index is 121. The molecule has 0 radical (unpaired) electrons. The fourth-order valence-corrected chi connectivity index (χ4v) is 1.51. The third-order valence-electron chi connectivity index (χ3n) is 2.44. The Labute approximate surface area is 63.5 Å². The number of allylic oxidation sites excluding steroid dienone is 2. The number of rotatable bonds is 1. The maximum atomic E-state index is 3.37. The molecule has 0 aromatic rings. The molecule has 1 aliphatic rings. The van der Waals surface area contributed by atoms with Gasteiger partial charge in [0.15, 0.2) is 0 Å². The SMILES string of the molecule is C/C=C(/C)C1CCNCC1. The monoisotopic (exact) mass is 139 g/mol. The Balaban J connectivity index is 2.39. The molecule has 0 saturated carbocycles. The van der Waals surface area contributed by atoms with Gasteiger partial charge in [-0.1, -0.05) is 11.6 Å². The van der Waals surface area contributed by atoms with Crippen molar-refractivity contribution in [2.75, 3.05) is 13.1 Å². The third kappa shape index (κ3) is 1.84. The van der Waals surface area contributed by atoms with Gasteiger partial charge in [-0.15, -0.1) is 0 Å². The van der Waals surface area contributed by atoms with Crippen molar-refractivity contribution in [3.8, 4) is 0 Å². The van der Waals surface area contributed by atoms with E-state index in [1.165, 1.54) is 25.9 Å². The molecule has 58 valence electrons. The Morgan fingerprint density at radius 2 is 2.00 bits per heavy atom. The van der Waals surface area contributed by atoms with Crippen LogP contribution < -0.4 is 5.32 Å². The van der Waals surface area contributed by atoms with Crippen molar-refractivity contribution in [3.05, 3.63) is 11.6 Å². The highest BCUT2D eigenvalue weighted by molar-refractivity contribution is 5.02. The van der Waals surface area contributed by atoms with Crippen molar-refractivity contribution in [1.29, 1.82) is 0 Å². The molecule has 0 unspecified atom stereocenters. The summed E-state index contributed by atoms with van der Waals surface area (Å²) in [5.41, 5.74) is 1.57. The molecule has 1 nitrogen and oxygen atoms in total. The van der Waals surface area contributed by atoms with Gasteiger partial charge in [-0.2, -0.15) is 0 Å². The highest BCUT2D eigenvalue weighted by Crippen LogP contribution is 2.19. The van der Waals surface area contributed by atoms with Gasteiger partial charge >= 0.3 is 0 Å². The first-order valence-corrected chi connectivity index (χ1v) is 4.18. The average Bonchev–Trinajstić information content (AvgIpc) is 2.05. The summed E-state index contributed by atoms with van der Waals surface area (Å²) < 4.78 is 0. The Kier molecular flexibility index (Phi) is 2.94. The van der Waals surface area contributed by atoms with Gasteiger partial charge in [-0.25, -0.2) is 0 Å². The first kappa shape index (κ1) is 7.80. The normalized spacial score (nSPS) is 23.2. The molecule has 0 aromatic carbocycles. The van der Waals surface area contributed by atoms with Gasteiger partial charge in [0.25, 0.3) is 0 Å². The van der Waals surface area contributed by atoms with E-state index >= 15 is 0 Å². The van der Waals surface area contributed by atoms with E-state index in [2.05, 4.69) is 25.2 Å². The summed E-state index contributed by atoms with van der Waals surface area (Å²) >= 11 is 0. The van der Waals surface area contributed by atoms with E-state index < -0.39 is 0 Å². The van der Waals surface area contributed by atoms with Crippen LogP contribution >= 0.6 is 0 Å². The molecule has 0 aromatic heterocycles. The minimum Gasteiger partial charge on any atom is -0.317 e. The van der Waals surface area contributed by atoms with Crippen LogP contribution in [0.1, 0.15) is 26.7 Å². The zero-order chi connectivity index (χ0) is 7.40. The molecule has 1 saturated heterocycles. The lowest BCUT2D eigenvalue weighted by Crippen LogP contribution is -2.28. The number of hydrogen-bond donors (Lipinski definition) is 1. The van der Waals surface area contributed by atoms with Gasteiger partial charge < -0.3 is 5.32 Å². The van der Waals surface area contributed by atoms with Crippen LogP contribution in [0.5, 0.6) is 0 Å². The van der Waals surface area contributed by atoms with E-state index in [0.29, 0.717) is 0 Å². The van der Waals surface area contributed by atoms with Crippen LogP contribution in [0.4, 0.5) is 0 Å². The van der Waals surface area contributed by atoms with Crippen LogP contribution in [-0.4, -0.2) is 13.1 Å². The lowest BCUT2D eigenvalue weighted by atomic mass is 9.91. The lowest BCUT2D eigenvalue weighted by molar-refractivity contribution is 0.419. The molecule has 10 heavy (non-hydrogen) atoms. The summed E-state index contributed by atoms with van der Waals surface area (Å²) in [6.45, 7) is 6.79. The average molecular weight is 139 g/mol. The molecule has 1 heterocycles. The van der Waals surface area contributed by atoms with Crippen molar-refractivity contribution in [2.45, 2.75) is 26.7 Å². The largest absolute Gasteiger partial charge is 0.317 e. The van der Waals surface area contributed by atoms with Crippen LogP contribution in [0.15, 0.2) is 11.6 Å². The molecule has 0 aliphatic carbocycles. The summed E-state index contributed by atoms with van der Waals surface area (Å²) in [7, 11) is 0. The lowest BCUT2D eigenvalue weighted by Gasteiger charge is -2.23. The van der Waals surface area contributed by atoms with Crippen LogP contribution in [0.2, 0.25) is 0 Å². The molecule has 1 rings (SSSR count). The van der Waals surface area contributed by atoms with Crippen molar-refractivity contribution >= 4 is 0 Å². The van der Waals surface area contributed by atoms with E-state index in [-0.39, 0.29) is 0 Å². The highest BCUT2D eigenvalue weighted by Gasteiger charge is 2.12. The molecule has 1 fully saturated rings. The Hall–Kier alpha value is -0.300. The molecule has 0 bridgehead atoms. The summed E-state index contributed by atoms with van der Waals surface area (Å²) in [5.74, 6) is 0.867. The smallest absolute Gasteiger partial charge is 0.00432 e. The van der Waals surface area contributed by atoms with Crippen LogP contribution in [0.25, 0.3) is 0 Å².